The second kappa shape index (κ2) is 13.6. The van der Waals surface area contributed by atoms with Gasteiger partial charge in [0.05, 0.1) is 10.6 Å². The Hall–Kier alpha value is -3.95. The molecular weight excluding hydrogens is 602 g/mol. The van der Waals surface area contributed by atoms with E-state index in [1.54, 1.807) is 42.5 Å². The van der Waals surface area contributed by atoms with Gasteiger partial charge in [0.15, 0.2) is 0 Å². The topological polar surface area (TPSA) is 86.8 Å². The van der Waals surface area contributed by atoms with Gasteiger partial charge in [-0.2, -0.15) is 0 Å². The molecule has 0 aliphatic rings. The minimum Gasteiger partial charge on any atom is -0.357 e. The number of likely N-dealkylation sites (N-methyl/N-ethyl adjacent to an activating group) is 1. The Bertz CT molecular complexity index is 1580. The molecule has 9 heteroatoms. The maximum atomic E-state index is 14.3. The highest BCUT2D eigenvalue weighted by Crippen LogP contribution is 2.26. The lowest BCUT2D eigenvalue weighted by molar-refractivity contribution is -0.139. The summed E-state index contributed by atoms with van der Waals surface area (Å²) in [5.41, 5.74) is 3.04. The van der Waals surface area contributed by atoms with Crippen LogP contribution in [0.15, 0.2) is 119 Å². The highest BCUT2D eigenvalue weighted by molar-refractivity contribution is 9.10. The van der Waals surface area contributed by atoms with Crippen LogP contribution in [0.4, 0.5) is 5.69 Å². The van der Waals surface area contributed by atoms with Crippen LogP contribution in [0.1, 0.15) is 16.7 Å². The number of carbonyl (C=O) groups is 2. The van der Waals surface area contributed by atoms with E-state index in [-0.39, 0.29) is 23.8 Å². The van der Waals surface area contributed by atoms with Crippen molar-refractivity contribution in [1.82, 2.24) is 10.2 Å². The molecule has 4 rings (SSSR count). The third-order valence-electron chi connectivity index (χ3n) is 6.84. The molecule has 0 heterocycles. The largest absolute Gasteiger partial charge is 0.357 e. The van der Waals surface area contributed by atoms with Crippen molar-refractivity contribution in [1.29, 1.82) is 0 Å². The van der Waals surface area contributed by atoms with Crippen molar-refractivity contribution in [2.24, 2.45) is 0 Å². The zero-order valence-corrected chi connectivity index (χ0v) is 25.3. The fraction of sp³-hybridized carbons (Fsp3) is 0.188. The normalized spacial score (nSPS) is 11.9. The van der Waals surface area contributed by atoms with Gasteiger partial charge in [0, 0.05) is 24.5 Å². The predicted molar refractivity (Wildman–Crippen MR) is 165 cm³/mol. The van der Waals surface area contributed by atoms with Gasteiger partial charge in [-0.3, -0.25) is 13.9 Å². The summed E-state index contributed by atoms with van der Waals surface area (Å²) >= 11 is 3.39. The Morgan fingerprint density at radius 1 is 0.829 bits per heavy atom. The van der Waals surface area contributed by atoms with Crippen molar-refractivity contribution >= 4 is 43.5 Å². The number of carbonyl (C=O) groups excluding carboxylic acids is 2. The molecular formula is C32H32BrN3O4S. The Morgan fingerprint density at radius 3 is 2.02 bits per heavy atom. The molecule has 1 atom stereocenters. The Labute approximate surface area is 250 Å². The lowest BCUT2D eigenvalue weighted by Crippen LogP contribution is -2.53. The molecule has 0 saturated carbocycles. The maximum Gasteiger partial charge on any atom is 0.264 e. The standard InChI is InChI=1S/C32H32BrN3O4S/c1-24-11-9-10-14-26(24)22-35(30(32(38)34-2)21-25-12-5-3-6-13-25)31(37)23-36(28-19-17-27(33)18-20-28)41(39,40)29-15-7-4-8-16-29/h3-20,30H,21-23H2,1-2H3,(H,34,38). The molecule has 0 spiro atoms. The van der Waals surface area contributed by atoms with Crippen LogP contribution in [0.2, 0.25) is 0 Å². The molecule has 0 aliphatic heterocycles. The molecule has 4 aromatic rings. The molecule has 1 N–H and O–H groups in total. The lowest BCUT2D eigenvalue weighted by atomic mass is 10.0. The van der Waals surface area contributed by atoms with Gasteiger partial charge in [0.2, 0.25) is 11.8 Å². The van der Waals surface area contributed by atoms with Crippen molar-refractivity contribution < 1.29 is 18.0 Å². The second-order valence-electron chi connectivity index (χ2n) is 9.57. The fourth-order valence-corrected chi connectivity index (χ4v) is 6.25. The summed E-state index contributed by atoms with van der Waals surface area (Å²) in [6, 6.07) is 31.0. The van der Waals surface area contributed by atoms with Crippen molar-refractivity contribution in [3.8, 4) is 0 Å². The number of halogens is 1. The molecule has 4 aromatic carbocycles. The van der Waals surface area contributed by atoms with Crippen LogP contribution in [0.3, 0.4) is 0 Å². The molecule has 7 nitrogen and oxygen atoms in total. The number of rotatable bonds is 11. The van der Waals surface area contributed by atoms with E-state index in [1.807, 2.05) is 61.5 Å². The lowest BCUT2D eigenvalue weighted by Gasteiger charge is -2.34. The average molecular weight is 635 g/mol. The van der Waals surface area contributed by atoms with Crippen molar-refractivity contribution in [2.75, 3.05) is 17.9 Å². The fourth-order valence-electron chi connectivity index (χ4n) is 4.55. The van der Waals surface area contributed by atoms with Gasteiger partial charge in [-0.15, -0.1) is 0 Å². The molecule has 0 aromatic heterocycles. The Balaban J connectivity index is 1.78. The molecule has 0 bridgehead atoms. The van der Waals surface area contributed by atoms with Crippen LogP contribution in [-0.4, -0.2) is 44.8 Å². The summed E-state index contributed by atoms with van der Waals surface area (Å²) in [5, 5.41) is 2.70. The third-order valence-corrected chi connectivity index (χ3v) is 9.16. The van der Waals surface area contributed by atoms with Gasteiger partial charge in [0.25, 0.3) is 10.0 Å². The van der Waals surface area contributed by atoms with E-state index < -0.39 is 28.5 Å². The number of amides is 2. The SMILES string of the molecule is CNC(=O)C(Cc1ccccc1)N(Cc1ccccc1C)C(=O)CN(c1ccc(Br)cc1)S(=O)(=O)c1ccccc1. The highest BCUT2D eigenvalue weighted by Gasteiger charge is 2.34. The molecule has 0 fully saturated rings. The van der Waals surface area contributed by atoms with E-state index in [9.17, 15) is 18.0 Å². The Kier molecular flexibility index (Phi) is 9.96. The minimum atomic E-state index is -4.12. The number of nitrogens with one attached hydrogen (secondary N) is 1. The van der Waals surface area contributed by atoms with Gasteiger partial charge >= 0.3 is 0 Å². The monoisotopic (exact) mass is 633 g/mol. The van der Waals surface area contributed by atoms with Gasteiger partial charge in [-0.1, -0.05) is 88.7 Å². The van der Waals surface area contributed by atoms with E-state index in [2.05, 4.69) is 21.2 Å². The van der Waals surface area contributed by atoms with Crippen LogP contribution in [0, 0.1) is 6.92 Å². The van der Waals surface area contributed by atoms with Crippen LogP contribution >= 0.6 is 15.9 Å². The van der Waals surface area contributed by atoms with E-state index >= 15 is 0 Å². The number of sulfonamides is 1. The number of hydrogen-bond donors (Lipinski definition) is 1. The van der Waals surface area contributed by atoms with Crippen LogP contribution in [0.25, 0.3) is 0 Å². The molecule has 212 valence electrons. The second-order valence-corrected chi connectivity index (χ2v) is 12.3. The molecule has 0 radical (unpaired) electrons. The summed E-state index contributed by atoms with van der Waals surface area (Å²) in [4.78, 5) is 29.1. The number of nitrogens with zero attached hydrogens (tertiary/aromatic N) is 2. The summed E-state index contributed by atoms with van der Waals surface area (Å²) < 4.78 is 29.7. The van der Waals surface area contributed by atoms with Gasteiger partial charge in [0.1, 0.15) is 12.6 Å². The van der Waals surface area contributed by atoms with Crippen LogP contribution < -0.4 is 9.62 Å². The first-order valence-electron chi connectivity index (χ1n) is 13.1. The smallest absolute Gasteiger partial charge is 0.264 e. The minimum absolute atomic E-state index is 0.0632. The zero-order chi connectivity index (χ0) is 29.4. The van der Waals surface area contributed by atoms with Crippen LogP contribution in [-0.2, 0) is 32.6 Å². The van der Waals surface area contributed by atoms with Crippen molar-refractivity contribution in [3.05, 3.63) is 130 Å². The number of benzene rings is 4. The predicted octanol–water partition coefficient (Wildman–Crippen LogP) is 5.34. The van der Waals surface area contributed by atoms with Gasteiger partial charge < -0.3 is 10.2 Å². The maximum absolute atomic E-state index is 14.3. The van der Waals surface area contributed by atoms with E-state index in [0.29, 0.717) is 5.69 Å². The van der Waals surface area contributed by atoms with Gasteiger partial charge in [-0.05, 0) is 60.0 Å². The first-order chi connectivity index (χ1) is 19.7. The van der Waals surface area contributed by atoms with E-state index in [4.69, 9.17) is 0 Å². The molecule has 1 unspecified atom stereocenters. The average Bonchev–Trinajstić information content (AvgIpc) is 2.99. The first kappa shape index (κ1) is 30.0. The van der Waals surface area contributed by atoms with Crippen LogP contribution in [0.5, 0.6) is 0 Å². The van der Waals surface area contributed by atoms with Crippen molar-refractivity contribution in [2.45, 2.75) is 30.8 Å². The number of hydrogen-bond acceptors (Lipinski definition) is 4. The summed E-state index contributed by atoms with van der Waals surface area (Å²) in [7, 11) is -2.58. The first-order valence-corrected chi connectivity index (χ1v) is 15.4. The van der Waals surface area contributed by atoms with Gasteiger partial charge in [-0.25, -0.2) is 8.42 Å². The number of anilines is 1. The summed E-state index contributed by atoms with van der Waals surface area (Å²) in [5.74, 6) is -0.836. The highest BCUT2D eigenvalue weighted by atomic mass is 79.9. The van der Waals surface area contributed by atoms with E-state index in [1.165, 1.54) is 24.1 Å². The quantitative estimate of drug-likeness (QED) is 0.242. The molecule has 0 saturated heterocycles. The molecule has 2 amide bonds. The Morgan fingerprint density at radius 2 is 1.41 bits per heavy atom. The van der Waals surface area contributed by atoms with E-state index in [0.717, 1.165) is 25.5 Å². The molecule has 41 heavy (non-hydrogen) atoms. The third kappa shape index (κ3) is 7.42. The number of aryl methyl sites for hydroxylation is 1. The summed E-state index contributed by atoms with van der Waals surface area (Å²) in [6.45, 7) is 1.58. The summed E-state index contributed by atoms with van der Waals surface area (Å²) in [6.07, 6.45) is 0.266. The molecule has 0 aliphatic carbocycles. The zero-order valence-electron chi connectivity index (χ0n) is 22.9. The van der Waals surface area contributed by atoms with Crippen molar-refractivity contribution in [3.63, 3.8) is 0 Å².